The number of anilines is 1. The van der Waals surface area contributed by atoms with Crippen LogP contribution in [-0.2, 0) is 11.3 Å². The van der Waals surface area contributed by atoms with Crippen LogP contribution in [0.2, 0.25) is 5.15 Å². The van der Waals surface area contributed by atoms with E-state index in [9.17, 15) is 14.9 Å². The van der Waals surface area contributed by atoms with Crippen molar-refractivity contribution in [1.82, 2.24) is 4.98 Å². The van der Waals surface area contributed by atoms with Crippen LogP contribution in [0.4, 0.5) is 11.4 Å². The summed E-state index contributed by atoms with van der Waals surface area (Å²) in [4.78, 5) is 29.3. The summed E-state index contributed by atoms with van der Waals surface area (Å²) in [6.07, 6.45) is 3.56. The van der Waals surface area contributed by atoms with Gasteiger partial charge in [0.05, 0.1) is 16.2 Å². The van der Waals surface area contributed by atoms with Gasteiger partial charge in [0.15, 0.2) is 0 Å². The van der Waals surface area contributed by atoms with Crippen LogP contribution in [-0.4, -0.2) is 29.0 Å². The number of benzene rings is 1. The Bertz CT molecular complexity index is 833. The lowest BCUT2D eigenvalue weighted by molar-refractivity contribution is -0.384. The lowest BCUT2D eigenvalue weighted by Gasteiger charge is -2.33. The van der Waals surface area contributed by atoms with Gasteiger partial charge in [-0.2, -0.15) is 0 Å². The van der Waals surface area contributed by atoms with Crippen molar-refractivity contribution < 1.29 is 14.5 Å². The van der Waals surface area contributed by atoms with Crippen LogP contribution in [0.15, 0.2) is 36.5 Å². The molecule has 0 saturated carbocycles. The SMILES string of the molecule is CC1CCN(c2ccc([N+](=O)[O-])cc2C(=O)OCc2ccc(Cl)nc2)CC1. The number of nitrogens with zero attached hydrogens (tertiary/aromatic N) is 3. The molecule has 3 rings (SSSR count). The monoisotopic (exact) mass is 389 g/mol. The fourth-order valence-electron chi connectivity index (χ4n) is 3.04. The number of nitro benzene ring substituents is 1. The van der Waals surface area contributed by atoms with Crippen LogP contribution >= 0.6 is 11.6 Å². The van der Waals surface area contributed by atoms with Crippen molar-refractivity contribution in [3.63, 3.8) is 0 Å². The van der Waals surface area contributed by atoms with Crippen molar-refractivity contribution in [2.45, 2.75) is 26.4 Å². The predicted molar refractivity (Wildman–Crippen MR) is 102 cm³/mol. The number of ether oxygens (including phenoxy) is 1. The Kier molecular flexibility index (Phi) is 5.91. The summed E-state index contributed by atoms with van der Waals surface area (Å²) in [5, 5.41) is 11.5. The quantitative estimate of drug-likeness (QED) is 0.329. The van der Waals surface area contributed by atoms with Crippen molar-refractivity contribution >= 4 is 28.9 Å². The molecule has 8 heteroatoms. The number of pyridine rings is 1. The Balaban J connectivity index is 1.81. The second-order valence-corrected chi connectivity index (χ2v) is 7.08. The first-order valence-electron chi connectivity index (χ1n) is 8.75. The van der Waals surface area contributed by atoms with Gasteiger partial charge in [0.25, 0.3) is 5.69 Å². The lowest BCUT2D eigenvalue weighted by atomic mass is 9.98. The summed E-state index contributed by atoms with van der Waals surface area (Å²) >= 11 is 5.75. The van der Waals surface area contributed by atoms with E-state index in [0.29, 0.717) is 22.3 Å². The van der Waals surface area contributed by atoms with Crippen LogP contribution < -0.4 is 4.90 Å². The number of carbonyl (C=O) groups is 1. The van der Waals surface area contributed by atoms with Crippen LogP contribution in [0.1, 0.15) is 35.7 Å². The van der Waals surface area contributed by atoms with Crippen molar-refractivity contribution in [1.29, 1.82) is 0 Å². The second kappa shape index (κ2) is 8.35. The number of carbonyl (C=O) groups excluding carboxylic acids is 1. The van der Waals surface area contributed by atoms with Crippen molar-refractivity contribution in [2.24, 2.45) is 5.92 Å². The van der Waals surface area contributed by atoms with Gasteiger partial charge in [-0.25, -0.2) is 9.78 Å². The number of rotatable bonds is 5. The highest BCUT2D eigenvalue weighted by Gasteiger charge is 2.24. The summed E-state index contributed by atoms with van der Waals surface area (Å²) in [5.74, 6) is 0.0365. The van der Waals surface area contributed by atoms with Gasteiger partial charge in [0, 0.05) is 37.0 Å². The highest BCUT2D eigenvalue weighted by atomic mass is 35.5. The Hall–Kier alpha value is -2.67. The van der Waals surface area contributed by atoms with E-state index in [4.69, 9.17) is 16.3 Å². The van der Waals surface area contributed by atoms with Gasteiger partial charge in [0.1, 0.15) is 11.8 Å². The molecule has 1 aromatic heterocycles. The molecule has 1 saturated heterocycles. The van der Waals surface area contributed by atoms with E-state index in [2.05, 4.69) is 16.8 Å². The third-order valence-corrected chi connectivity index (χ3v) is 4.92. The first-order valence-corrected chi connectivity index (χ1v) is 9.13. The molecule has 0 bridgehead atoms. The van der Waals surface area contributed by atoms with Crippen molar-refractivity contribution in [2.75, 3.05) is 18.0 Å². The minimum absolute atomic E-state index is 0.0160. The zero-order valence-corrected chi connectivity index (χ0v) is 15.7. The maximum Gasteiger partial charge on any atom is 0.340 e. The average molecular weight is 390 g/mol. The van der Waals surface area contributed by atoms with Crippen LogP contribution in [0.5, 0.6) is 0 Å². The van der Waals surface area contributed by atoms with Gasteiger partial charge < -0.3 is 9.64 Å². The molecule has 2 heterocycles. The van der Waals surface area contributed by atoms with E-state index >= 15 is 0 Å². The molecule has 1 aliphatic rings. The number of nitro groups is 1. The van der Waals surface area contributed by atoms with E-state index in [1.54, 1.807) is 18.2 Å². The molecule has 0 N–H and O–H groups in total. The molecule has 0 radical (unpaired) electrons. The minimum atomic E-state index is -0.595. The summed E-state index contributed by atoms with van der Waals surface area (Å²) in [7, 11) is 0. The van der Waals surface area contributed by atoms with Crippen LogP contribution in [0, 0.1) is 16.0 Å². The van der Waals surface area contributed by atoms with E-state index in [1.165, 1.54) is 18.3 Å². The van der Waals surface area contributed by atoms with Crippen LogP contribution in [0.3, 0.4) is 0 Å². The first-order chi connectivity index (χ1) is 12.9. The highest BCUT2D eigenvalue weighted by molar-refractivity contribution is 6.29. The van der Waals surface area contributed by atoms with Gasteiger partial charge in [-0.15, -0.1) is 0 Å². The summed E-state index contributed by atoms with van der Waals surface area (Å²) in [5.41, 5.74) is 1.43. The normalized spacial score (nSPS) is 14.8. The number of piperidine rings is 1. The zero-order valence-electron chi connectivity index (χ0n) is 14.9. The molecule has 1 aromatic carbocycles. The molecule has 2 aromatic rings. The fourth-order valence-corrected chi connectivity index (χ4v) is 3.16. The van der Waals surface area contributed by atoms with Crippen molar-refractivity contribution in [3.05, 3.63) is 62.9 Å². The Morgan fingerprint density at radius 2 is 2.07 bits per heavy atom. The minimum Gasteiger partial charge on any atom is -0.457 e. The van der Waals surface area contributed by atoms with Gasteiger partial charge in [-0.1, -0.05) is 24.6 Å². The Morgan fingerprint density at radius 1 is 1.33 bits per heavy atom. The Morgan fingerprint density at radius 3 is 2.70 bits per heavy atom. The molecule has 142 valence electrons. The molecule has 0 atom stereocenters. The summed E-state index contributed by atoms with van der Waals surface area (Å²) < 4.78 is 5.37. The largest absolute Gasteiger partial charge is 0.457 e. The molecule has 0 spiro atoms. The molecular formula is C19H20ClN3O4. The highest BCUT2D eigenvalue weighted by Crippen LogP contribution is 2.30. The second-order valence-electron chi connectivity index (χ2n) is 6.69. The van der Waals surface area contributed by atoms with Gasteiger partial charge >= 0.3 is 5.97 Å². The summed E-state index contributed by atoms with van der Waals surface area (Å²) in [6, 6.07) is 7.67. The number of aromatic nitrogens is 1. The van der Waals surface area contributed by atoms with E-state index in [-0.39, 0.29) is 17.9 Å². The number of hydrogen-bond donors (Lipinski definition) is 0. The maximum atomic E-state index is 12.7. The van der Waals surface area contributed by atoms with Gasteiger partial charge in [-0.05, 0) is 30.9 Å². The zero-order chi connectivity index (χ0) is 19.4. The summed E-state index contributed by atoms with van der Waals surface area (Å²) in [6.45, 7) is 3.82. The molecule has 0 unspecified atom stereocenters. The average Bonchev–Trinajstić information content (AvgIpc) is 2.67. The van der Waals surface area contributed by atoms with Crippen molar-refractivity contribution in [3.8, 4) is 0 Å². The third-order valence-electron chi connectivity index (χ3n) is 4.69. The smallest absolute Gasteiger partial charge is 0.340 e. The van der Waals surface area contributed by atoms with E-state index in [0.717, 1.165) is 25.9 Å². The number of hydrogen-bond acceptors (Lipinski definition) is 6. The molecular weight excluding hydrogens is 370 g/mol. The molecule has 27 heavy (non-hydrogen) atoms. The van der Waals surface area contributed by atoms with E-state index < -0.39 is 10.9 Å². The fraction of sp³-hybridized carbons (Fsp3) is 0.368. The Labute approximate surface area is 162 Å². The molecule has 1 aliphatic heterocycles. The first kappa shape index (κ1) is 19.1. The van der Waals surface area contributed by atoms with Gasteiger partial charge in [-0.3, -0.25) is 10.1 Å². The van der Waals surface area contributed by atoms with Gasteiger partial charge in [0.2, 0.25) is 0 Å². The number of halogens is 1. The molecule has 0 aliphatic carbocycles. The lowest BCUT2D eigenvalue weighted by Crippen LogP contribution is -2.34. The molecule has 7 nitrogen and oxygen atoms in total. The van der Waals surface area contributed by atoms with Crippen LogP contribution in [0.25, 0.3) is 0 Å². The molecule has 0 amide bonds. The standard InChI is InChI=1S/C19H20ClN3O4/c1-13-6-8-22(9-7-13)17-4-3-15(23(25)26)10-16(17)19(24)27-12-14-2-5-18(20)21-11-14/h2-5,10-11,13H,6-9,12H2,1H3. The number of non-ortho nitro benzene ring substituents is 1. The predicted octanol–water partition coefficient (Wildman–Crippen LogP) is 4.24. The maximum absolute atomic E-state index is 12.7. The number of esters is 1. The topological polar surface area (TPSA) is 85.6 Å². The van der Waals surface area contributed by atoms with E-state index in [1.807, 2.05) is 0 Å². The third kappa shape index (κ3) is 4.74. The molecule has 1 fully saturated rings.